The third-order valence-corrected chi connectivity index (χ3v) is 2.35. The Morgan fingerprint density at radius 2 is 2.29 bits per heavy atom. The number of nitrogens with zero attached hydrogens (tertiary/aromatic N) is 4. The summed E-state index contributed by atoms with van der Waals surface area (Å²) in [7, 11) is 0. The number of amidine groups is 2. The molecule has 2 rings (SSSR count). The zero-order chi connectivity index (χ0) is 10.3. The average Bonchev–Trinajstić information content (AvgIpc) is 2.45. The van der Waals surface area contributed by atoms with Crippen molar-refractivity contribution in [2.24, 2.45) is 20.0 Å². The van der Waals surface area contributed by atoms with E-state index in [2.05, 4.69) is 35.9 Å². The zero-order valence-electron chi connectivity index (χ0n) is 7.10. The van der Waals surface area contributed by atoms with Crippen LogP contribution in [-0.2, 0) is 4.79 Å². The first-order valence-corrected chi connectivity index (χ1v) is 4.52. The fourth-order valence-corrected chi connectivity index (χ4v) is 1.60. The second kappa shape index (κ2) is 2.81. The van der Waals surface area contributed by atoms with Gasteiger partial charge in [0.1, 0.15) is 6.34 Å². The van der Waals surface area contributed by atoms with E-state index < -0.39 is 11.5 Å². The molecule has 2 aliphatic heterocycles. The molecule has 1 unspecified atom stereocenters. The highest BCUT2D eigenvalue weighted by Gasteiger charge is 2.44. The maximum atomic E-state index is 10.9. The number of rotatable bonds is 1. The van der Waals surface area contributed by atoms with Gasteiger partial charge >= 0.3 is 5.97 Å². The minimum absolute atomic E-state index is 0.0770. The van der Waals surface area contributed by atoms with Gasteiger partial charge in [-0.05, 0) is 22.9 Å². The largest absolute Gasteiger partial charge is 0.477 e. The zero-order valence-corrected chi connectivity index (χ0v) is 8.69. The molecule has 2 heterocycles. The van der Waals surface area contributed by atoms with Crippen LogP contribution in [0.3, 0.4) is 0 Å². The van der Waals surface area contributed by atoms with Gasteiger partial charge in [-0.3, -0.25) is 4.99 Å². The molecule has 1 atom stereocenters. The molecular weight excluding hydrogens is 252 g/mol. The lowest BCUT2D eigenvalue weighted by Crippen LogP contribution is -2.46. The van der Waals surface area contributed by atoms with E-state index in [0.29, 0.717) is 5.84 Å². The van der Waals surface area contributed by atoms with Gasteiger partial charge in [0.2, 0.25) is 0 Å². The molecule has 0 aromatic heterocycles. The van der Waals surface area contributed by atoms with E-state index in [4.69, 9.17) is 5.11 Å². The predicted molar refractivity (Wildman–Crippen MR) is 55.8 cm³/mol. The van der Waals surface area contributed by atoms with Crippen molar-refractivity contribution in [1.29, 1.82) is 0 Å². The Kier molecular flexibility index (Phi) is 1.84. The number of carbonyl (C=O) groups is 1. The fraction of sp³-hybridized carbons (Fsp3) is 0.286. The number of fused-ring (bicyclic) bond motifs is 1. The second-order valence-electron chi connectivity index (χ2n) is 2.92. The summed E-state index contributed by atoms with van der Waals surface area (Å²) in [5.41, 5.74) is -1.12. The number of carboxylic acids is 1. The molecule has 0 amide bonds. The van der Waals surface area contributed by atoms with Gasteiger partial charge < -0.3 is 5.11 Å². The van der Waals surface area contributed by atoms with Crippen LogP contribution in [-0.4, -0.2) is 39.2 Å². The quantitative estimate of drug-likeness (QED) is 0.692. The van der Waals surface area contributed by atoms with Gasteiger partial charge in [-0.15, -0.1) is 0 Å². The second-order valence-corrected chi connectivity index (χ2v) is 3.63. The molecule has 0 spiro atoms. The molecule has 0 saturated heterocycles. The molecule has 0 saturated carbocycles. The highest BCUT2D eigenvalue weighted by Crippen LogP contribution is 2.25. The summed E-state index contributed by atoms with van der Waals surface area (Å²) in [6, 6.07) is 0. The van der Waals surface area contributed by atoms with Crippen molar-refractivity contribution in [3.63, 3.8) is 0 Å². The van der Waals surface area contributed by atoms with E-state index in [-0.39, 0.29) is 10.5 Å². The van der Waals surface area contributed by atoms with E-state index in [1.54, 1.807) is 6.92 Å². The highest BCUT2D eigenvalue weighted by molar-refractivity contribution is 9.18. The maximum absolute atomic E-state index is 10.9. The smallest absolute Gasteiger partial charge is 0.353 e. The number of aliphatic imine (C=N–C) groups is 4. The highest BCUT2D eigenvalue weighted by atomic mass is 79.9. The van der Waals surface area contributed by atoms with Gasteiger partial charge in [0, 0.05) is 0 Å². The average molecular weight is 257 g/mol. The lowest BCUT2D eigenvalue weighted by molar-refractivity contribution is -0.129. The summed E-state index contributed by atoms with van der Waals surface area (Å²) in [5, 5.41) is 8.93. The Bertz CT molecular complexity index is 437. The first-order chi connectivity index (χ1) is 6.54. The van der Waals surface area contributed by atoms with E-state index in [1.807, 2.05) is 0 Å². The summed E-state index contributed by atoms with van der Waals surface area (Å²) >= 11 is 3.02. The summed E-state index contributed by atoms with van der Waals surface area (Å²) in [5.74, 6) is -0.775. The van der Waals surface area contributed by atoms with Crippen molar-refractivity contribution in [3.05, 3.63) is 0 Å². The van der Waals surface area contributed by atoms with Crippen LogP contribution >= 0.6 is 15.9 Å². The SMILES string of the molecule is CC12N=CN=C1N=C(Br)N=C2C(=O)O. The van der Waals surface area contributed by atoms with E-state index in [1.165, 1.54) is 6.34 Å². The molecule has 2 aliphatic rings. The minimum atomic E-state index is -1.12. The molecule has 1 N–H and O–H groups in total. The number of halogens is 1. The maximum Gasteiger partial charge on any atom is 0.353 e. The van der Waals surface area contributed by atoms with Crippen molar-refractivity contribution in [2.75, 3.05) is 0 Å². The molecule has 0 aromatic carbocycles. The van der Waals surface area contributed by atoms with Crippen molar-refractivity contribution in [1.82, 2.24) is 0 Å². The Hall–Kier alpha value is -1.37. The summed E-state index contributed by atoms with van der Waals surface area (Å²) in [4.78, 5) is 26.5. The van der Waals surface area contributed by atoms with Gasteiger partial charge in [-0.25, -0.2) is 19.8 Å². The van der Waals surface area contributed by atoms with Crippen LogP contribution in [0.1, 0.15) is 6.92 Å². The van der Waals surface area contributed by atoms with Crippen LogP contribution in [0.4, 0.5) is 0 Å². The normalized spacial score (nSPS) is 29.1. The van der Waals surface area contributed by atoms with Crippen molar-refractivity contribution in [3.8, 4) is 0 Å². The van der Waals surface area contributed by atoms with Crippen LogP contribution in [0, 0.1) is 0 Å². The Morgan fingerprint density at radius 1 is 1.57 bits per heavy atom. The predicted octanol–water partition coefficient (Wildman–Crippen LogP) is 0.476. The first-order valence-electron chi connectivity index (χ1n) is 3.72. The standard InChI is InChI=1S/C7H5BrN4O2/c1-7-3(4(13)14)11-6(8)12-5(7)9-2-10-7/h2H,1H3,(H,13,14). The van der Waals surface area contributed by atoms with E-state index in [0.717, 1.165) is 0 Å². The third-order valence-electron chi connectivity index (χ3n) is 2.00. The van der Waals surface area contributed by atoms with E-state index >= 15 is 0 Å². The van der Waals surface area contributed by atoms with Gasteiger partial charge in [-0.1, -0.05) is 0 Å². The van der Waals surface area contributed by atoms with Crippen molar-refractivity contribution in [2.45, 2.75) is 12.5 Å². The molecule has 0 aliphatic carbocycles. The molecule has 14 heavy (non-hydrogen) atoms. The van der Waals surface area contributed by atoms with Crippen LogP contribution in [0.25, 0.3) is 0 Å². The molecular formula is C7H5BrN4O2. The molecule has 0 radical (unpaired) electrons. The van der Waals surface area contributed by atoms with Crippen LogP contribution in [0.5, 0.6) is 0 Å². The lowest BCUT2D eigenvalue weighted by atomic mass is 9.94. The van der Waals surface area contributed by atoms with E-state index in [9.17, 15) is 4.79 Å². The molecule has 0 aromatic rings. The Morgan fingerprint density at radius 3 is 2.93 bits per heavy atom. The molecule has 7 heteroatoms. The molecule has 72 valence electrons. The minimum Gasteiger partial charge on any atom is -0.477 e. The summed E-state index contributed by atoms with van der Waals surface area (Å²) < 4.78 is 0.205. The molecule has 6 nitrogen and oxygen atoms in total. The first kappa shape index (κ1) is 9.20. The number of hydrogen-bond donors (Lipinski definition) is 1. The van der Waals surface area contributed by atoms with Gasteiger partial charge in [0.25, 0.3) is 0 Å². The van der Waals surface area contributed by atoms with Crippen LogP contribution < -0.4 is 0 Å². The van der Waals surface area contributed by atoms with Crippen molar-refractivity contribution >= 4 is 44.5 Å². The fourth-order valence-electron chi connectivity index (χ4n) is 1.26. The topological polar surface area (TPSA) is 86.7 Å². The van der Waals surface area contributed by atoms with Crippen LogP contribution in [0.2, 0.25) is 0 Å². The van der Waals surface area contributed by atoms with Crippen LogP contribution in [0.15, 0.2) is 20.0 Å². The summed E-state index contributed by atoms with van der Waals surface area (Å²) in [6.07, 6.45) is 1.29. The summed E-state index contributed by atoms with van der Waals surface area (Å²) in [6.45, 7) is 1.62. The monoisotopic (exact) mass is 256 g/mol. The Balaban J connectivity index is 2.59. The van der Waals surface area contributed by atoms with Gasteiger partial charge in [-0.2, -0.15) is 0 Å². The number of hydrogen-bond acceptors (Lipinski definition) is 5. The van der Waals surface area contributed by atoms with Crippen molar-refractivity contribution < 1.29 is 9.90 Å². The van der Waals surface area contributed by atoms with Gasteiger partial charge in [0.15, 0.2) is 21.8 Å². The number of carboxylic acid groups (broad SMARTS) is 1. The lowest BCUT2D eigenvalue weighted by Gasteiger charge is -2.22. The molecule has 0 fully saturated rings. The Labute approximate surface area is 87.3 Å². The van der Waals surface area contributed by atoms with Gasteiger partial charge in [0.05, 0.1) is 0 Å². The molecule has 0 bridgehead atoms. The number of aliphatic carboxylic acids is 1. The third kappa shape index (κ3) is 1.12.